The van der Waals surface area contributed by atoms with E-state index in [0.29, 0.717) is 0 Å². The Kier molecular flexibility index (Phi) is 8.04. The second-order valence-corrected chi connectivity index (χ2v) is 9.14. The van der Waals surface area contributed by atoms with Crippen molar-refractivity contribution in [2.75, 3.05) is 18.5 Å². The molecule has 0 atom stereocenters. The first-order chi connectivity index (χ1) is 17.1. The summed E-state index contributed by atoms with van der Waals surface area (Å²) in [6.07, 6.45) is 11.4. The number of anilines is 1. The van der Waals surface area contributed by atoms with Crippen LogP contribution in [-0.4, -0.2) is 23.6 Å². The number of nitrogens with one attached hydrogen (secondary N) is 2. The first-order valence-electron chi connectivity index (χ1n) is 12.5. The lowest BCUT2D eigenvalue weighted by molar-refractivity contribution is 0.632. The van der Waals surface area contributed by atoms with Crippen molar-refractivity contribution in [1.29, 1.82) is 0 Å². The molecule has 0 fully saturated rings. The van der Waals surface area contributed by atoms with Crippen LogP contribution in [0, 0.1) is 6.92 Å². The van der Waals surface area contributed by atoms with Gasteiger partial charge in [-0.2, -0.15) is 0 Å². The Morgan fingerprint density at radius 1 is 1.00 bits per heavy atom. The molecule has 0 bridgehead atoms. The van der Waals surface area contributed by atoms with E-state index in [1.807, 2.05) is 25.5 Å². The summed E-state index contributed by atoms with van der Waals surface area (Å²) in [5.74, 6) is 0. The van der Waals surface area contributed by atoms with E-state index < -0.39 is 0 Å². The van der Waals surface area contributed by atoms with Gasteiger partial charge in [-0.3, -0.25) is 4.98 Å². The molecule has 0 amide bonds. The average molecular weight is 465 g/mol. The maximum Gasteiger partial charge on any atom is 0.0460 e. The van der Waals surface area contributed by atoms with Crippen molar-refractivity contribution in [1.82, 2.24) is 15.3 Å². The van der Waals surface area contributed by atoms with E-state index in [2.05, 4.69) is 88.8 Å². The number of hydrogen-bond acceptors (Lipinski definition) is 3. The van der Waals surface area contributed by atoms with E-state index in [9.17, 15) is 0 Å². The Bertz CT molecular complexity index is 1290. The van der Waals surface area contributed by atoms with Crippen LogP contribution in [0.25, 0.3) is 27.7 Å². The molecular formula is C31H36N4. The Hall–Kier alpha value is -3.79. The van der Waals surface area contributed by atoms with Crippen LogP contribution in [-0.2, 0) is 0 Å². The normalized spacial score (nSPS) is 10.9. The summed E-state index contributed by atoms with van der Waals surface area (Å²) in [7, 11) is 1.94. The molecule has 4 aromatic rings. The predicted molar refractivity (Wildman–Crippen MR) is 150 cm³/mol. The van der Waals surface area contributed by atoms with E-state index in [0.717, 1.165) is 41.9 Å². The molecule has 0 spiro atoms. The van der Waals surface area contributed by atoms with Gasteiger partial charge in [-0.1, -0.05) is 44.2 Å². The van der Waals surface area contributed by atoms with Gasteiger partial charge in [0.25, 0.3) is 0 Å². The molecule has 0 radical (unpaired) electrons. The molecule has 4 nitrogen and oxygen atoms in total. The monoisotopic (exact) mass is 464 g/mol. The van der Waals surface area contributed by atoms with Crippen molar-refractivity contribution in [2.45, 2.75) is 39.0 Å². The maximum atomic E-state index is 4.45. The first-order valence-corrected chi connectivity index (χ1v) is 12.5. The Morgan fingerprint density at radius 2 is 1.86 bits per heavy atom. The fourth-order valence-corrected chi connectivity index (χ4v) is 4.55. The molecule has 2 heterocycles. The summed E-state index contributed by atoms with van der Waals surface area (Å²) in [4.78, 5) is 9.98. The van der Waals surface area contributed by atoms with E-state index >= 15 is 0 Å². The van der Waals surface area contributed by atoms with Crippen molar-refractivity contribution in [3.05, 3.63) is 103 Å². The molecule has 0 saturated heterocycles. The SMILES string of the molecule is C=C(CCCCCCN(C(=C)c1cccnc1)c1ccc(-c2ccc3cc[nH]c3c2)c(C)c1)NC. The van der Waals surface area contributed by atoms with E-state index in [1.54, 1.807) is 6.20 Å². The predicted octanol–water partition coefficient (Wildman–Crippen LogP) is 7.70. The fourth-order valence-electron chi connectivity index (χ4n) is 4.55. The highest BCUT2D eigenvalue weighted by atomic mass is 15.1. The zero-order chi connectivity index (χ0) is 24.6. The zero-order valence-electron chi connectivity index (χ0n) is 21.0. The number of allylic oxidation sites excluding steroid dienone is 1. The molecule has 0 aliphatic rings. The molecule has 2 N–H and O–H groups in total. The number of aromatic nitrogens is 2. The summed E-state index contributed by atoms with van der Waals surface area (Å²) in [5.41, 5.74) is 9.22. The van der Waals surface area contributed by atoms with Crippen LogP contribution in [0.4, 0.5) is 5.69 Å². The van der Waals surface area contributed by atoms with E-state index in [1.165, 1.54) is 47.0 Å². The van der Waals surface area contributed by atoms with Crippen molar-refractivity contribution in [3.63, 3.8) is 0 Å². The third-order valence-corrected chi connectivity index (χ3v) is 6.67. The highest BCUT2D eigenvalue weighted by Gasteiger charge is 2.14. The van der Waals surface area contributed by atoms with Crippen LogP contribution >= 0.6 is 0 Å². The molecule has 4 heteroatoms. The van der Waals surface area contributed by atoms with Gasteiger partial charge in [0.1, 0.15) is 0 Å². The van der Waals surface area contributed by atoms with Crippen LogP contribution < -0.4 is 10.2 Å². The Morgan fingerprint density at radius 3 is 2.63 bits per heavy atom. The summed E-state index contributed by atoms with van der Waals surface area (Å²) in [6.45, 7) is 11.6. The molecule has 35 heavy (non-hydrogen) atoms. The van der Waals surface area contributed by atoms with Gasteiger partial charge < -0.3 is 15.2 Å². The van der Waals surface area contributed by atoms with Crippen LogP contribution in [0.15, 0.2) is 92.0 Å². The first kappa shape index (κ1) is 24.3. The van der Waals surface area contributed by atoms with Gasteiger partial charge in [0.05, 0.1) is 0 Å². The topological polar surface area (TPSA) is 44.0 Å². The lowest BCUT2D eigenvalue weighted by Gasteiger charge is -2.28. The van der Waals surface area contributed by atoms with Crippen LogP contribution in [0.1, 0.15) is 43.2 Å². The number of pyridine rings is 1. The van der Waals surface area contributed by atoms with Gasteiger partial charge in [-0.25, -0.2) is 0 Å². The third-order valence-electron chi connectivity index (χ3n) is 6.67. The van der Waals surface area contributed by atoms with E-state index in [4.69, 9.17) is 0 Å². The smallest absolute Gasteiger partial charge is 0.0460 e. The average Bonchev–Trinajstić information content (AvgIpc) is 3.36. The van der Waals surface area contributed by atoms with Gasteiger partial charge >= 0.3 is 0 Å². The second kappa shape index (κ2) is 11.6. The van der Waals surface area contributed by atoms with Gasteiger partial charge in [0.2, 0.25) is 0 Å². The van der Waals surface area contributed by atoms with Crippen LogP contribution in [0.3, 0.4) is 0 Å². The van der Waals surface area contributed by atoms with Gasteiger partial charge in [-0.05, 0) is 84.7 Å². The van der Waals surface area contributed by atoms with Crippen LogP contribution in [0.5, 0.6) is 0 Å². The summed E-state index contributed by atoms with van der Waals surface area (Å²) in [5, 5.41) is 4.37. The number of benzene rings is 2. The standard InChI is InChI=1S/C31H36N4/c1-23-20-29(14-15-30(23)27-13-12-26-16-18-34-31(26)21-27)35(25(3)28-11-9-17-33-22-28)19-8-6-5-7-10-24(2)32-4/h9,11-18,20-22,32,34H,2-3,5-8,10,19H2,1,4H3. The minimum absolute atomic E-state index is 0.925. The number of aryl methyl sites for hydroxylation is 1. The maximum absolute atomic E-state index is 4.45. The zero-order valence-corrected chi connectivity index (χ0v) is 21.0. The summed E-state index contributed by atoms with van der Waals surface area (Å²) >= 11 is 0. The molecule has 2 aromatic carbocycles. The molecule has 2 aromatic heterocycles. The number of hydrogen-bond donors (Lipinski definition) is 2. The van der Waals surface area contributed by atoms with Crippen molar-refractivity contribution in [3.8, 4) is 11.1 Å². The summed E-state index contributed by atoms with van der Waals surface area (Å²) < 4.78 is 0. The molecular weight excluding hydrogens is 428 g/mol. The van der Waals surface area contributed by atoms with Gasteiger partial charge in [0, 0.05) is 60.3 Å². The third kappa shape index (κ3) is 6.02. The summed E-state index contributed by atoms with van der Waals surface area (Å²) in [6, 6.07) is 19.5. The molecule has 0 aliphatic carbocycles. The molecule has 0 unspecified atom stereocenters. The number of H-pyrrole nitrogens is 1. The molecule has 4 rings (SSSR count). The highest BCUT2D eigenvalue weighted by molar-refractivity contribution is 5.86. The van der Waals surface area contributed by atoms with Crippen molar-refractivity contribution in [2.24, 2.45) is 0 Å². The number of aromatic amines is 1. The minimum atomic E-state index is 0.925. The highest BCUT2D eigenvalue weighted by Crippen LogP contribution is 2.32. The number of nitrogens with zero attached hydrogens (tertiary/aromatic N) is 2. The number of unbranched alkanes of at least 4 members (excludes halogenated alkanes) is 3. The Labute approximate surface area is 209 Å². The quantitative estimate of drug-likeness (QED) is 0.211. The number of rotatable bonds is 12. The fraction of sp³-hybridized carbons (Fsp3) is 0.258. The lowest BCUT2D eigenvalue weighted by atomic mass is 9.98. The molecule has 0 saturated carbocycles. The molecule has 0 aliphatic heterocycles. The number of fused-ring (bicyclic) bond motifs is 1. The van der Waals surface area contributed by atoms with Gasteiger partial charge in [0.15, 0.2) is 0 Å². The van der Waals surface area contributed by atoms with Crippen molar-refractivity contribution >= 4 is 22.3 Å². The largest absolute Gasteiger partial charge is 0.392 e. The van der Waals surface area contributed by atoms with Crippen molar-refractivity contribution < 1.29 is 0 Å². The second-order valence-electron chi connectivity index (χ2n) is 9.14. The van der Waals surface area contributed by atoms with E-state index in [-0.39, 0.29) is 0 Å². The minimum Gasteiger partial charge on any atom is -0.392 e. The Balaban J connectivity index is 1.52. The molecule has 180 valence electrons. The lowest BCUT2D eigenvalue weighted by Crippen LogP contribution is -2.22. The van der Waals surface area contributed by atoms with Crippen LogP contribution in [0.2, 0.25) is 0 Å². The van der Waals surface area contributed by atoms with Gasteiger partial charge in [-0.15, -0.1) is 0 Å².